The van der Waals surface area contributed by atoms with E-state index in [-0.39, 0.29) is 18.0 Å². The second-order valence-corrected chi connectivity index (χ2v) is 6.28. The van der Waals surface area contributed by atoms with Gasteiger partial charge in [-0.1, -0.05) is 35.9 Å². The molecular weight excluding hydrogens is 360 g/mol. The Balaban J connectivity index is 1.57. The molecule has 0 spiro atoms. The van der Waals surface area contributed by atoms with Gasteiger partial charge in [-0.15, -0.1) is 11.3 Å². The summed E-state index contributed by atoms with van der Waals surface area (Å²) in [5.41, 5.74) is 6.31. The summed E-state index contributed by atoms with van der Waals surface area (Å²) in [4.78, 5) is 32.1. The maximum atomic E-state index is 12.0. The van der Waals surface area contributed by atoms with Crippen LogP contribution in [0.5, 0.6) is 0 Å². The summed E-state index contributed by atoms with van der Waals surface area (Å²) < 4.78 is 0. The summed E-state index contributed by atoms with van der Waals surface area (Å²) >= 11 is 7.56. The Morgan fingerprint density at radius 3 is 2.64 bits per heavy atom. The molecule has 0 aliphatic heterocycles. The van der Waals surface area contributed by atoms with Crippen LogP contribution >= 0.6 is 22.9 Å². The second-order valence-electron chi connectivity index (χ2n) is 5.02. The number of nitrogens with one attached hydrogen (secondary N) is 2. The third-order valence-electron chi connectivity index (χ3n) is 3.21. The Hall–Kier alpha value is -2.77. The highest BCUT2D eigenvalue weighted by atomic mass is 35.5. The monoisotopic (exact) mass is 372 g/mol. The maximum absolute atomic E-state index is 12.0. The number of hydrazine groups is 1. The van der Waals surface area contributed by atoms with Crippen LogP contribution in [0.3, 0.4) is 0 Å². The molecule has 126 valence electrons. The molecule has 0 unspecified atom stereocenters. The predicted octanol–water partition coefficient (Wildman–Crippen LogP) is 2.86. The molecule has 25 heavy (non-hydrogen) atoms. The van der Waals surface area contributed by atoms with Crippen molar-refractivity contribution in [1.82, 2.24) is 20.8 Å². The van der Waals surface area contributed by atoms with Gasteiger partial charge in [-0.2, -0.15) is 0 Å². The lowest BCUT2D eigenvalue weighted by atomic mass is 10.2. The molecule has 8 heteroatoms. The van der Waals surface area contributed by atoms with Gasteiger partial charge in [0.15, 0.2) is 0 Å². The number of hydrogen-bond acceptors (Lipinski definition) is 5. The molecule has 1 aromatic carbocycles. The standard InChI is InChI=1S/C17H13ClN4O2S/c18-13-6-2-1-5-12(13)17-20-11(10-25-17)9-15(23)21-22-16(24)14-7-3-4-8-19-14/h1-8,10H,9H2,(H,21,23)(H,22,24). The number of nitrogens with zero attached hydrogens (tertiary/aromatic N) is 2. The minimum absolute atomic E-state index is 0.0451. The van der Waals surface area contributed by atoms with E-state index in [0.717, 1.165) is 10.6 Å². The number of amides is 2. The number of benzene rings is 1. The SMILES string of the molecule is O=C(Cc1csc(-c2ccccc2Cl)n1)NNC(=O)c1ccccn1. The van der Waals surface area contributed by atoms with Crippen molar-refractivity contribution in [1.29, 1.82) is 0 Å². The quantitative estimate of drug-likeness (QED) is 0.690. The summed E-state index contributed by atoms with van der Waals surface area (Å²) in [6.45, 7) is 0. The van der Waals surface area contributed by atoms with Crippen LogP contribution < -0.4 is 10.9 Å². The summed E-state index contributed by atoms with van der Waals surface area (Å²) in [6, 6.07) is 12.3. The molecule has 0 radical (unpaired) electrons. The van der Waals surface area contributed by atoms with Crippen LogP contribution in [0.25, 0.3) is 10.6 Å². The Bertz CT molecular complexity index is 898. The molecule has 0 saturated carbocycles. The summed E-state index contributed by atoms with van der Waals surface area (Å²) in [5, 5.41) is 3.14. The Labute approximate surface area is 152 Å². The van der Waals surface area contributed by atoms with Crippen LogP contribution in [0, 0.1) is 0 Å². The molecule has 2 aromatic heterocycles. The number of thiazole rings is 1. The van der Waals surface area contributed by atoms with Crippen molar-refractivity contribution in [3.8, 4) is 10.6 Å². The van der Waals surface area contributed by atoms with E-state index < -0.39 is 5.91 Å². The van der Waals surface area contributed by atoms with Gasteiger partial charge in [0.2, 0.25) is 5.91 Å². The molecule has 0 atom stereocenters. The van der Waals surface area contributed by atoms with Crippen LogP contribution in [-0.4, -0.2) is 21.8 Å². The average molecular weight is 373 g/mol. The molecule has 0 saturated heterocycles. The Morgan fingerprint density at radius 1 is 1.08 bits per heavy atom. The zero-order chi connectivity index (χ0) is 17.6. The van der Waals surface area contributed by atoms with Crippen molar-refractivity contribution < 1.29 is 9.59 Å². The number of pyridine rings is 1. The number of carbonyl (C=O) groups excluding carboxylic acids is 2. The smallest absolute Gasteiger partial charge is 0.273 e. The van der Waals surface area contributed by atoms with Crippen molar-refractivity contribution in [3.05, 3.63) is 70.5 Å². The molecule has 2 N–H and O–H groups in total. The molecule has 3 aromatic rings. The van der Waals surface area contributed by atoms with Crippen LogP contribution in [0.4, 0.5) is 0 Å². The number of halogens is 1. The Kier molecular flexibility index (Phi) is 5.37. The summed E-state index contributed by atoms with van der Waals surface area (Å²) in [5.74, 6) is -0.857. The van der Waals surface area contributed by atoms with Gasteiger partial charge in [0, 0.05) is 17.1 Å². The highest BCUT2D eigenvalue weighted by Gasteiger charge is 2.12. The lowest BCUT2D eigenvalue weighted by molar-refractivity contribution is -0.121. The number of hydrogen-bond donors (Lipinski definition) is 2. The van der Waals surface area contributed by atoms with Crippen molar-refractivity contribution in [2.45, 2.75) is 6.42 Å². The number of aromatic nitrogens is 2. The van der Waals surface area contributed by atoms with Crippen LogP contribution in [0.1, 0.15) is 16.2 Å². The lowest BCUT2D eigenvalue weighted by Crippen LogP contribution is -2.42. The summed E-state index contributed by atoms with van der Waals surface area (Å²) in [6.07, 6.45) is 1.55. The predicted molar refractivity (Wildman–Crippen MR) is 96.1 cm³/mol. The van der Waals surface area contributed by atoms with Crippen molar-refractivity contribution in [2.24, 2.45) is 0 Å². The largest absolute Gasteiger partial charge is 0.288 e. The fourth-order valence-corrected chi connectivity index (χ4v) is 3.18. The van der Waals surface area contributed by atoms with Gasteiger partial charge in [-0.05, 0) is 18.2 Å². The van der Waals surface area contributed by atoms with Gasteiger partial charge in [0.05, 0.1) is 17.1 Å². The highest BCUT2D eigenvalue weighted by molar-refractivity contribution is 7.13. The minimum Gasteiger partial charge on any atom is -0.273 e. The van der Waals surface area contributed by atoms with Gasteiger partial charge in [-0.3, -0.25) is 25.4 Å². The number of rotatable bonds is 4. The zero-order valence-corrected chi connectivity index (χ0v) is 14.5. The first kappa shape index (κ1) is 17.1. The van der Waals surface area contributed by atoms with E-state index >= 15 is 0 Å². The first-order valence-electron chi connectivity index (χ1n) is 7.33. The van der Waals surface area contributed by atoms with Crippen molar-refractivity contribution in [2.75, 3.05) is 0 Å². The van der Waals surface area contributed by atoms with E-state index in [1.165, 1.54) is 17.5 Å². The van der Waals surface area contributed by atoms with E-state index in [1.807, 2.05) is 18.2 Å². The van der Waals surface area contributed by atoms with Crippen molar-refractivity contribution in [3.63, 3.8) is 0 Å². The molecule has 3 rings (SSSR count). The molecule has 2 amide bonds. The highest BCUT2D eigenvalue weighted by Crippen LogP contribution is 2.30. The van der Waals surface area contributed by atoms with Crippen LogP contribution in [0.15, 0.2) is 54.0 Å². The van der Waals surface area contributed by atoms with Gasteiger partial charge < -0.3 is 0 Å². The first-order chi connectivity index (χ1) is 12.1. The van der Waals surface area contributed by atoms with E-state index in [2.05, 4.69) is 20.8 Å². The molecule has 0 bridgehead atoms. The number of carbonyl (C=O) groups is 2. The van der Waals surface area contributed by atoms with Crippen LogP contribution in [-0.2, 0) is 11.2 Å². The first-order valence-corrected chi connectivity index (χ1v) is 8.59. The zero-order valence-electron chi connectivity index (χ0n) is 12.9. The molecule has 0 aliphatic carbocycles. The average Bonchev–Trinajstić information content (AvgIpc) is 3.09. The maximum Gasteiger partial charge on any atom is 0.288 e. The van der Waals surface area contributed by atoms with E-state index in [0.29, 0.717) is 10.7 Å². The third-order valence-corrected chi connectivity index (χ3v) is 4.46. The van der Waals surface area contributed by atoms with Gasteiger partial charge in [-0.25, -0.2) is 4.98 Å². The van der Waals surface area contributed by atoms with E-state index in [9.17, 15) is 9.59 Å². The molecule has 0 aliphatic rings. The molecular formula is C17H13ClN4O2S. The fourth-order valence-electron chi connectivity index (χ4n) is 2.04. The van der Waals surface area contributed by atoms with Gasteiger partial charge in [0.25, 0.3) is 5.91 Å². The van der Waals surface area contributed by atoms with Crippen LogP contribution in [0.2, 0.25) is 5.02 Å². The summed E-state index contributed by atoms with van der Waals surface area (Å²) in [7, 11) is 0. The van der Waals surface area contributed by atoms with E-state index in [1.54, 1.807) is 29.6 Å². The topological polar surface area (TPSA) is 84.0 Å². The minimum atomic E-state index is -0.482. The van der Waals surface area contributed by atoms with E-state index in [4.69, 9.17) is 11.6 Å². The van der Waals surface area contributed by atoms with Gasteiger partial charge in [0.1, 0.15) is 10.7 Å². The van der Waals surface area contributed by atoms with Crippen molar-refractivity contribution >= 4 is 34.8 Å². The molecule has 2 heterocycles. The fraction of sp³-hybridized carbons (Fsp3) is 0.0588. The third kappa shape index (κ3) is 4.40. The van der Waals surface area contributed by atoms with Gasteiger partial charge >= 0.3 is 0 Å². The normalized spacial score (nSPS) is 10.3. The lowest BCUT2D eigenvalue weighted by Gasteiger charge is -2.05. The molecule has 0 fully saturated rings. The second kappa shape index (κ2) is 7.87. The Morgan fingerprint density at radius 2 is 1.88 bits per heavy atom. The molecule has 6 nitrogen and oxygen atoms in total.